The van der Waals surface area contributed by atoms with Gasteiger partial charge in [0, 0.05) is 22.2 Å². The van der Waals surface area contributed by atoms with E-state index < -0.39 is 0 Å². The zero-order valence-electron chi connectivity index (χ0n) is 15.4. The Kier molecular flexibility index (Phi) is 6.46. The summed E-state index contributed by atoms with van der Waals surface area (Å²) in [6.45, 7) is 3.87. The van der Waals surface area contributed by atoms with Crippen LogP contribution in [0.5, 0.6) is 0 Å². The molecule has 0 saturated heterocycles. The molecule has 0 aliphatic carbocycles. The predicted octanol–water partition coefficient (Wildman–Crippen LogP) is 3.92. The van der Waals surface area contributed by atoms with Crippen molar-refractivity contribution in [1.29, 1.82) is 0 Å². The van der Waals surface area contributed by atoms with Gasteiger partial charge in [0.05, 0.1) is 10.9 Å². The number of hydrogen-bond acceptors (Lipinski definition) is 4. The normalized spacial score (nSPS) is 11.9. The predicted molar refractivity (Wildman–Crippen MR) is 117 cm³/mol. The van der Waals surface area contributed by atoms with Gasteiger partial charge in [-0.05, 0) is 61.1 Å². The van der Waals surface area contributed by atoms with Crippen LogP contribution in [0.25, 0.3) is 11.5 Å². The largest absolute Gasteiger partial charge is 0.867 e. The molecule has 0 aliphatic rings. The molecule has 0 unspecified atom stereocenters. The van der Waals surface area contributed by atoms with E-state index in [1.54, 1.807) is 41.2 Å². The van der Waals surface area contributed by atoms with Gasteiger partial charge < -0.3 is 15.5 Å². The molecule has 2 heterocycles. The molecule has 7 heteroatoms. The minimum Gasteiger partial charge on any atom is -0.867 e. The molecule has 3 rings (SSSR count). The van der Waals surface area contributed by atoms with Crippen molar-refractivity contribution in [2.24, 2.45) is 0 Å². The number of aryl methyl sites for hydroxylation is 2. The average molecular weight is 431 g/mol. The van der Waals surface area contributed by atoms with Crippen molar-refractivity contribution in [1.82, 2.24) is 0 Å². The Hall–Kier alpha value is -2.25. The minimum absolute atomic E-state index is 0.135. The van der Waals surface area contributed by atoms with Gasteiger partial charge in [-0.1, -0.05) is 29.9 Å². The summed E-state index contributed by atoms with van der Waals surface area (Å²) in [5.41, 5.74) is 3.97. The molecule has 0 amide bonds. The number of thiocarbonyl (C=S) groups is 1. The Morgan fingerprint density at radius 1 is 1.21 bits per heavy atom. The van der Waals surface area contributed by atoms with E-state index in [-0.39, 0.29) is 12.4 Å². The molecule has 1 aromatic carbocycles. The van der Waals surface area contributed by atoms with E-state index in [2.05, 4.69) is 11.4 Å². The molecule has 0 saturated carbocycles. The third kappa shape index (κ3) is 4.77. The number of benzene rings is 1. The fourth-order valence-corrected chi connectivity index (χ4v) is 4.18. The maximum absolute atomic E-state index is 13.2. The first-order valence-electron chi connectivity index (χ1n) is 8.55. The maximum atomic E-state index is 13.2. The highest BCUT2D eigenvalue weighted by atomic mass is 35.5. The number of nitrogens with zero attached hydrogens (tertiary/aromatic N) is 1. The maximum Gasteiger partial charge on any atom is 0.239 e. The van der Waals surface area contributed by atoms with Crippen LogP contribution in [0.2, 0.25) is 4.34 Å². The summed E-state index contributed by atoms with van der Waals surface area (Å²) in [5, 5.41) is 25.9. The molecule has 2 aromatic heterocycles. The quantitative estimate of drug-likeness (QED) is 0.279. The SMILES string of the molecule is Cc1cc(C)cc(NC(=S)/C(=C(\[O-])c2ccc(Cl)s2)[n+]2cccc(CO)c2)c1. The fraction of sp³-hybridized carbons (Fsp3) is 0.143. The lowest BCUT2D eigenvalue weighted by Crippen LogP contribution is -2.40. The van der Waals surface area contributed by atoms with Crippen molar-refractivity contribution in [3.8, 4) is 0 Å². The third-order valence-corrected chi connectivity index (χ3v) is 5.53. The molecule has 0 atom stereocenters. The van der Waals surface area contributed by atoms with Gasteiger partial charge in [0.15, 0.2) is 17.4 Å². The number of halogens is 1. The second-order valence-electron chi connectivity index (χ2n) is 6.39. The monoisotopic (exact) mass is 430 g/mol. The topological polar surface area (TPSA) is 59.2 Å². The zero-order chi connectivity index (χ0) is 20.3. The Balaban J connectivity index is 2.08. The highest BCUT2D eigenvalue weighted by Gasteiger charge is 2.20. The number of aliphatic hydroxyl groups excluding tert-OH is 1. The number of aliphatic hydroxyl groups is 1. The summed E-state index contributed by atoms with van der Waals surface area (Å²) in [4.78, 5) is 0.783. The molecule has 28 heavy (non-hydrogen) atoms. The number of anilines is 1. The number of nitrogens with one attached hydrogen (secondary N) is 1. The highest BCUT2D eigenvalue weighted by molar-refractivity contribution is 7.81. The van der Waals surface area contributed by atoms with E-state index in [1.165, 1.54) is 11.3 Å². The van der Waals surface area contributed by atoms with E-state index in [0.717, 1.165) is 16.8 Å². The summed E-state index contributed by atoms with van der Waals surface area (Å²) in [6.07, 6.45) is 3.43. The van der Waals surface area contributed by atoms with Gasteiger partial charge in [-0.25, -0.2) is 0 Å². The van der Waals surface area contributed by atoms with Gasteiger partial charge >= 0.3 is 0 Å². The number of aromatic nitrogens is 1. The lowest BCUT2D eigenvalue weighted by atomic mass is 10.1. The molecule has 3 aromatic rings. The van der Waals surface area contributed by atoms with Crippen LogP contribution in [0.4, 0.5) is 5.69 Å². The van der Waals surface area contributed by atoms with Crippen LogP contribution in [-0.2, 0) is 6.61 Å². The summed E-state index contributed by atoms with van der Waals surface area (Å²) in [5.74, 6) is -0.237. The van der Waals surface area contributed by atoms with E-state index in [1.807, 2.05) is 26.0 Å². The Labute approximate surface area is 178 Å². The van der Waals surface area contributed by atoms with Crippen molar-refractivity contribution in [2.75, 3.05) is 5.32 Å². The van der Waals surface area contributed by atoms with Crippen molar-refractivity contribution in [3.63, 3.8) is 0 Å². The fourth-order valence-electron chi connectivity index (χ4n) is 2.88. The molecule has 0 bridgehead atoms. The van der Waals surface area contributed by atoms with Crippen LogP contribution in [0.15, 0.2) is 54.9 Å². The Morgan fingerprint density at radius 2 is 1.93 bits per heavy atom. The smallest absolute Gasteiger partial charge is 0.239 e. The molecule has 0 aliphatic heterocycles. The minimum atomic E-state index is -0.237. The standard InChI is InChI=1S/C21H19ClN2O2S2/c1-13-8-14(2)10-16(9-13)23-21(27)19(20(26)17-5-6-18(22)28-17)24-7-3-4-15(11-24)12-25/h3-11,25H,12H2,1-2H3,(H-,23,26,27). The van der Waals surface area contributed by atoms with Gasteiger partial charge in [-0.15, -0.1) is 11.3 Å². The average Bonchev–Trinajstić information content (AvgIpc) is 3.07. The summed E-state index contributed by atoms with van der Waals surface area (Å²) < 4.78 is 2.17. The first-order chi connectivity index (χ1) is 13.4. The second kappa shape index (κ2) is 8.84. The van der Waals surface area contributed by atoms with Crippen LogP contribution < -0.4 is 15.0 Å². The van der Waals surface area contributed by atoms with Gasteiger partial charge in [0.1, 0.15) is 0 Å². The van der Waals surface area contributed by atoms with E-state index in [9.17, 15) is 10.2 Å². The lowest BCUT2D eigenvalue weighted by molar-refractivity contribution is -0.578. The van der Waals surface area contributed by atoms with Crippen LogP contribution in [0, 0.1) is 13.8 Å². The van der Waals surface area contributed by atoms with Crippen molar-refractivity contribution >= 4 is 57.3 Å². The molecule has 0 radical (unpaired) electrons. The molecular formula is C21H19ClN2O2S2. The number of rotatable bonds is 5. The zero-order valence-corrected chi connectivity index (χ0v) is 17.8. The van der Waals surface area contributed by atoms with E-state index in [0.29, 0.717) is 25.5 Å². The van der Waals surface area contributed by atoms with Crippen LogP contribution in [0.1, 0.15) is 21.6 Å². The van der Waals surface area contributed by atoms with Crippen LogP contribution >= 0.6 is 35.2 Å². The van der Waals surface area contributed by atoms with Gasteiger partial charge in [-0.3, -0.25) is 0 Å². The first-order valence-corrected chi connectivity index (χ1v) is 10.2. The first kappa shape index (κ1) is 20.5. The highest BCUT2D eigenvalue weighted by Crippen LogP contribution is 2.27. The molecule has 0 fully saturated rings. The third-order valence-electron chi connectivity index (χ3n) is 4.01. The lowest BCUT2D eigenvalue weighted by Gasteiger charge is -2.16. The molecule has 4 nitrogen and oxygen atoms in total. The van der Waals surface area contributed by atoms with E-state index >= 15 is 0 Å². The number of thiophene rings is 1. The van der Waals surface area contributed by atoms with E-state index in [4.69, 9.17) is 23.8 Å². The molecule has 2 N–H and O–H groups in total. The van der Waals surface area contributed by atoms with Gasteiger partial charge in [-0.2, -0.15) is 4.57 Å². The van der Waals surface area contributed by atoms with Gasteiger partial charge in [0.2, 0.25) is 5.70 Å². The molecular weight excluding hydrogens is 412 g/mol. The number of hydrogen-bond donors (Lipinski definition) is 2. The van der Waals surface area contributed by atoms with Crippen molar-refractivity contribution in [3.05, 3.63) is 80.8 Å². The van der Waals surface area contributed by atoms with Crippen molar-refractivity contribution < 1.29 is 14.8 Å². The Morgan fingerprint density at radius 3 is 2.54 bits per heavy atom. The summed E-state index contributed by atoms with van der Waals surface area (Å²) in [6, 6.07) is 12.9. The summed E-state index contributed by atoms with van der Waals surface area (Å²) in [7, 11) is 0. The van der Waals surface area contributed by atoms with Crippen LogP contribution in [0.3, 0.4) is 0 Å². The summed E-state index contributed by atoms with van der Waals surface area (Å²) >= 11 is 12.8. The number of pyridine rings is 1. The second-order valence-corrected chi connectivity index (χ2v) is 8.51. The van der Waals surface area contributed by atoms with Crippen molar-refractivity contribution in [2.45, 2.75) is 20.5 Å². The van der Waals surface area contributed by atoms with Crippen LogP contribution in [-0.4, -0.2) is 10.1 Å². The van der Waals surface area contributed by atoms with Gasteiger partial charge in [0.25, 0.3) is 0 Å². The Bertz CT molecular complexity index is 1040. The molecule has 144 valence electrons. The molecule has 0 spiro atoms.